The van der Waals surface area contributed by atoms with Crippen LogP contribution in [0.2, 0.25) is 0 Å². The van der Waals surface area contributed by atoms with Gasteiger partial charge in [0, 0.05) is 31.0 Å². The first-order valence-corrected chi connectivity index (χ1v) is 10.2. The van der Waals surface area contributed by atoms with Gasteiger partial charge in [-0.3, -0.25) is 23.2 Å². The van der Waals surface area contributed by atoms with Crippen LogP contribution in [-0.2, 0) is 9.30 Å². The van der Waals surface area contributed by atoms with Gasteiger partial charge in [0.15, 0.2) is 5.85 Å². The van der Waals surface area contributed by atoms with Gasteiger partial charge in [-0.2, -0.15) is 0 Å². The van der Waals surface area contributed by atoms with Crippen molar-refractivity contribution in [3.63, 3.8) is 0 Å². The van der Waals surface area contributed by atoms with E-state index in [4.69, 9.17) is 4.74 Å². The van der Waals surface area contributed by atoms with Gasteiger partial charge < -0.3 is 19.8 Å². The van der Waals surface area contributed by atoms with Crippen LogP contribution in [0, 0.1) is 6.92 Å². The maximum Gasteiger partial charge on any atom is 0.330 e. The molecule has 0 aliphatic carbocycles. The molecule has 0 amide bonds. The largest absolute Gasteiger partial charge is 0.752 e. The predicted octanol–water partition coefficient (Wildman–Crippen LogP) is -1.39. The number of aromatic amines is 1. The third-order valence-electron chi connectivity index (χ3n) is 5.42. The van der Waals surface area contributed by atoms with Crippen molar-refractivity contribution in [1.29, 1.82) is 0 Å². The highest BCUT2D eigenvalue weighted by molar-refractivity contribution is 7.51. The van der Waals surface area contributed by atoms with Crippen molar-refractivity contribution in [2.45, 2.75) is 50.5 Å². The Bertz CT molecular complexity index is 844. The highest BCUT2D eigenvalue weighted by Gasteiger charge is 2.51. The van der Waals surface area contributed by atoms with Crippen molar-refractivity contribution in [2.24, 2.45) is 0 Å². The molecule has 0 spiro atoms. The Morgan fingerprint density at radius 1 is 1.42 bits per heavy atom. The molecule has 0 bridgehead atoms. The molecule has 2 fully saturated rings. The molecule has 3 N–H and O–H groups in total. The molecule has 1 aromatic rings. The molecular formula is C15H24N3O7P. The number of ether oxygens (including phenoxy) is 1. The maximum absolute atomic E-state index is 12.8. The lowest BCUT2D eigenvalue weighted by atomic mass is 10.2. The fraction of sp³-hybridized carbons (Fsp3) is 0.733. The first kappa shape index (κ1) is 19.5. The van der Waals surface area contributed by atoms with Crippen LogP contribution in [-0.4, -0.2) is 62.2 Å². The number of aryl methyl sites for hydroxylation is 1. The number of rotatable bonds is 4. The molecule has 2 aliphatic rings. The van der Waals surface area contributed by atoms with Gasteiger partial charge >= 0.3 is 5.69 Å². The number of hydrogen-bond donors (Lipinski definition) is 3. The van der Waals surface area contributed by atoms with Gasteiger partial charge in [0.05, 0.1) is 26.2 Å². The number of aromatic nitrogens is 2. The first-order valence-electron chi connectivity index (χ1n) is 8.56. The van der Waals surface area contributed by atoms with Gasteiger partial charge in [0.2, 0.25) is 7.52 Å². The van der Waals surface area contributed by atoms with Crippen molar-refractivity contribution in [3.8, 4) is 0 Å². The molecule has 3 rings (SSSR count). The lowest BCUT2D eigenvalue weighted by Gasteiger charge is -2.45. The third kappa shape index (κ3) is 3.11. The zero-order valence-corrected chi connectivity index (χ0v) is 15.6. The first-order chi connectivity index (χ1) is 12.1. The van der Waals surface area contributed by atoms with E-state index in [0.717, 1.165) is 17.4 Å². The smallest absolute Gasteiger partial charge is 0.330 e. The molecular weight excluding hydrogens is 365 g/mol. The zero-order chi connectivity index (χ0) is 19.3. The lowest BCUT2D eigenvalue weighted by Crippen LogP contribution is -2.50. The van der Waals surface area contributed by atoms with Crippen LogP contribution in [0.5, 0.6) is 0 Å². The SMILES string of the molecule is Cc1cn([C@H]2C[C@H](O)[C@@H](C(O)P(=O)([O-])[N+]3(C)CCCC3)O2)c(=O)[nH]c1=O. The summed E-state index contributed by atoms with van der Waals surface area (Å²) in [5.74, 6) is -1.88. The molecule has 26 heavy (non-hydrogen) atoms. The summed E-state index contributed by atoms with van der Waals surface area (Å²) >= 11 is 0. The highest BCUT2D eigenvalue weighted by Crippen LogP contribution is 2.55. The molecule has 2 aliphatic heterocycles. The fourth-order valence-corrected chi connectivity index (χ4v) is 5.74. The van der Waals surface area contributed by atoms with E-state index in [1.165, 1.54) is 13.1 Å². The average molecular weight is 389 g/mol. The Labute approximate surface area is 149 Å². The Morgan fingerprint density at radius 3 is 2.65 bits per heavy atom. The van der Waals surface area contributed by atoms with Gasteiger partial charge in [0.25, 0.3) is 5.56 Å². The number of nitrogens with one attached hydrogen (secondary N) is 1. The standard InChI is InChI=1S/C15H24N3O7P/c1-9-8-17(15(22)16-13(9)20)11-7-10(19)12(25-11)14(21)26(23,24)18(2)5-3-4-6-18/h8,10-12,14,19,21H,3-7H2,1-2H3,(H-,16,20,22,23,24)/t10-,11+,12-,14?/m0/s1. The molecule has 146 valence electrons. The monoisotopic (exact) mass is 389 g/mol. The molecule has 3 heterocycles. The molecule has 0 radical (unpaired) electrons. The second kappa shape index (κ2) is 6.70. The van der Waals surface area contributed by atoms with E-state index in [0.29, 0.717) is 13.1 Å². The molecule has 0 saturated carbocycles. The van der Waals surface area contributed by atoms with Crippen molar-refractivity contribution in [2.75, 3.05) is 20.1 Å². The van der Waals surface area contributed by atoms with Crippen molar-refractivity contribution >= 4 is 7.52 Å². The average Bonchev–Trinajstić information content (AvgIpc) is 3.17. The summed E-state index contributed by atoms with van der Waals surface area (Å²) in [7, 11) is -2.81. The predicted molar refractivity (Wildman–Crippen MR) is 89.4 cm³/mol. The van der Waals surface area contributed by atoms with Crippen molar-refractivity contribution in [3.05, 3.63) is 32.6 Å². The van der Waals surface area contributed by atoms with E-state index in [1.807, 2.05) is 0 Å². The second-order valence-corrected chi connectivity index (χ2v) is 9.93. The Kier molecular flexibility index (Phi) is 5.02. The summed E-state index contributed by atoms with van der Waals surface area (Å²) < 4.78 is 19.2. The summed E-state index contributed by atoms with van der Waals surface area (Å²) in [6.45, 7) is 2.32. The summed E-state index contributed by atoms with van der Waals surface area (Å²) in [6, 6.07) is 0. The van der Waals surface area contributed by atoms with Gasteiger partial charge in [-0.15, -0.1) is 0 Å². The van der Waals surface area contributed by atoms with E-state index in [-0.39, 0.29) is 16.2 Å². The number of quaternary nitrogens is 1. The second-order valence-electron chi connectivity index (χ2n) is 7.31. The van der Waals surface area contributed by atoms with E-state index >= 15 is 0 Å². The summed E-state index contributed by atoms with van der Waals surface area (Å²) in [5, 5.41) is 20.7. The summed E-state index contributed by atoms with van der Waals surface area (Å²) in [5.41, 5.74) is -0.981. The van der Waals surface area contributed by atoms with Crippen LogP contribution in [0.25, 0.3) is 0 Å². The van der Waals surface area contributed by atoms with Crippen molar-refractivity contribution in [1.82, 2.24) is 9.55 Å². The molecule has 10 nitrogen and oxygen atoms in total. The molecule has 11 heteroatoms. The van der Waals surface area contributed by atoms with E-state index in [2.05, 4.69) is 4.98 Å². The molecule has 2 saturated heterocycles. The third-order valence-corrected chi connectivity index (χ3v) is 8.13. The molecule has 5 atom stereocenters. The maximum atomic E-state index is 12.8. The zero-order valence-electron chi connectivity index (χ0n) is 14.7. The Hall–Kier alpha value is -1.29. The van der Waals surface area contributed by atoms with Gasteiger partial charge in [0.1, 0.15) is 12.3 Å². The number of hydrogen-bond acceptors (Lipinski definition) is 7. The number of H-pyrrole nitrogens is 1. The van der Waals surface area contributed by atoms with Gasteiger partial charge in [-0.25, -0.2) is 4.79 Å². The number of aliphatic hydroxyl groups excluding tert-OH is 2. The van der Waals surface area contributed by atoms with Gasteiger partial charge in [-0.1, -0.05) is 0 Å². The Morgan fingerprint density at radius 2 is 2.04 bits per heavy atom. The van der Waals surface area contributed by atoms with Gasteiger partial charge in [-0.05, 0) is 6.92 Å². The van der Waals surface area contributed by atoms with E-state index < -0.39 is 43.0 Å². The van der Waals surface area contributed by atoms with E-state index in [1.54, 1.807) is 7.05 Å². The van der Waals surface area contributed by atoms with Crippen LogP contribution >= 0.6 is 7.52 Å². The topological polar surface area (TPSA) is 145 Å². The number of nitrogens with zero attached hydrogens (tertiary/aromatic N) is 2. The van der Waals surface area contributed by atoms with Crippen molar-refractivity contribution < 1.29 is 28.7 Å². The number of likely N-dealkylation sites (tertiary alicyclic amines) is 1. The lowest BCUT2D eigenvalue weighted by molar-refractivity contribution is -0.797. The van der Waals surface area contributed by atoms with E-state index in [9.17, 15) is 29.3 Å². The fourth-order valence-electron chi connectivity index (χ4n) is 3.68. The molecule has 2 unspecified atom stereocenters. The quantitative estimate of drug-likeness (QED) is 0.538. The summed E-state index contributed by atoms with van der Waals surface area (Å²) in [6.07, 6.45) is -0.883. The normalized spacial score (nSPS) is 31.7. The minimum atomic E-state index is -4.36. The van der Waals surface area contributed by atoms with Crippen LogP contribution < -0.4 is 16.1 Å². The van der Waals surface area contributed by atoms with Crippen LogP contribution in [0.3, 0.4) is 0 Å². The minimum absolute atomic E-state index is 0.0726. The minimum Gasteiger partial charge on any atom is -0.752 e. The van der Waals surface area contributed by atoms with Crippen LogP contribution in [0.15, 0.2) is 15.8 Å². The molecule has 1 aromatic heterocycles. The Balaban J connectivity index is 1.85. The van der Waals surface area contributed by atoms with Crippen LogP contribution in [0.1, 0.15) is 31.1 Å². The summed E-state index contributed by atoms with van der Waals surface area (Å²) in [4.78, 5) is 38.4. The highest BCUT2D eigenvalue weighted by atomic mass is 31.2. The molecule has 0 aromatic carbocycles. The number of aliphatic hydroxyl groups is 2. The van der Waals surface area contributed by atoms with Crippen LogP contribution in [0.4, 0.5) is 0 Å².